The van der Waals surface area contributed by atoms with Gasteiger partial charge in [0.1, 0.15) is 5.75 Å². The summed E-state index contributed by atoms with van der Waals surface area (Å²) in [6.07, 6.45) is 1.78. The molecule has 3 rings (SSSR count). The summed E-state index contributed by atoms with van der Waals surface area (Å²) in [5.41, 5.74) is 2.74. The van der Waals surface area contributed by atoms with E-state index in [2.05, 4.69) is 10.4 Å². The van der Waals surface area contributed by atoms with Gasteiger partial charge in [0.15, 0.2) is 5.11 Å². The number of hydrazone groups is 1. The SMILES string of the molecule is COc1ccc(N(/N=C/c2ccccc2)C(=S)Nc2ccccc2)cc1. The molecule has 130 valence electrons. The first-order valence-electron chi connectivity index (χ1n) is 8.15. The number of ether oxygens (including phenoxy) is 1. The van der Waals surface area contributed by atoms with E-state index in [4.69, 9.17) is 17.0 Å². The van der Waals surface area contributed by atoms with Gasteiger partial charge in [0.25, 0.3) is 0 Å². The van der Waals surface area contributed by atoms with E-state index in [1.807, 2.05) is 84.9 Å². The van der Waals surface area contributed by atoms with Crippen LogP contribution in [-0.2, 0) is 0 Å². The van der Waals surface area contributed by atoms with Crippen molar-refractivity contribution in [2.75, 3.05) is 17.4 Å². The van der Waals surface area contributed by atoms with Crippen LogP contribution in [0.4, 0.5) is 11.4 Å². The molecular formula is C21H19N3OS. The molecule has 0 saturated heterocycles. The number of methoxy groups -OCH3 is 1. The van der Waals surface area contributed by atoms with Crippen molar-refractivity contribution in [2.45, 2.75) is 0 Å². The fraction of sp³-hybridized carbons (Fsp3) is 0.0476. The van der Waals surface area contributed by atoms with Crippen molar-refractivity contribution < 1.29 is 4.74 Å². The molecule has 3 aromatic carbocycles. The van der Waals surface area contributed by atoms with Crippen molar-refractivity contribution in [1.82, 2.24) is 0 Å². The van der Waals surface area contributed by atoms with Crippen molar-refractivity contribution in [1.29, 1.82) is 0 Å². The topological polar surface area (TPSA) is 36.9 Å². The zero-order chi connectivity index (χ0) is 18.2. The molecule has 0 saturated carbocycles. The summed E-state index contributed by atoms with van der Waals surface area (Å²) >= 11 is 5.59. The van der Waals surface area contributed by atoms with Gasteiger partial charge in [-0.1, -0.05) is 48.5 Å². The van der Waals surface area contributed by atoms with Crippen molar-refractivity contribution in [2.24, 2.45) is 5.10 Å². The van der Waals surface area contributed by atoms with Crippen molar-refractivity contribution in [3.63, 3.8) is 0 Å². The van der Waals surface area contributed by atoms with Crippen LogP contribution in [0.25, 0.3) is 0 Å². The summed E-state index contributed by atoms with van der Waals surface area (Å²) in [4.78, 5) is 0. The lowest BCUT2D eigenvalue weighted by molar-refractivity contribution is 0.415. The molecule has 0 unspecified atom stereocenters. The molecule has 26 heavy (non-hydrogen) atoms. The molecule has 4 nitrogen and oxygen atoms in total. The van der Waals surface area contributed by atoms with Gasteiger partial charge in [0, 0.05) is 5.69 Å². The fourth-order valence-corrected chi connectivity index (χ4v) is 2.59. The minimum atomic E-state index is 0.480. The Morgan fingerprint density at radius 1 is 0.923 bits per heavy atom. The number of benzene rings is 3. The Hall–Kier alpha value is -3.18. The second kappa shape index (κ2) is 8.78. The smallest absolute Gasteiger partial charge is 0.198 e. The predicted octanol–water partition coefficient (Wildman–Crippen LogP) is 4.93. The van der Waals surface area contributed by atoms with Crippen LogP contribution in [0.3, 0.4) is 0 Å². The highest BCUT2D eigenvalue weighted by molar-refractivity contribution is 7.80. The van der Waals surface area contributed by atoms with Gasteiger partial charge in [-0.2, -0.15) is 5.10 Å². The molecule has 1 N–H and O–H groups in total. The summed E-state index contributed by atoms with van der Waals surface area (Å²) in [7, 11) is 1.64. The number of nitrogens with zero attached hydrogens (tertiary/aromatic N) is 2. The largest absolute Gasteiger partial charge is 0.497 e. The van der Waals surface area contributed by atoms with Crippen molar-refractivity contribution in [3.05, 3.63) is 90.5 Å². The van der Waals surface area contributed by atoms with Gasteiger partial charge in [-0.3, -0.25) is 0 Å². The van der Waals surface area contributed by atoms with E-state index in [1.54, 1.807) is 18.3 Å². The fourth-order valence-electron chi connectivity index (χ4n) is 2.32. The summed E-state index contributed by atoms with van der Waals surface area (Å²) in [5, 5.41) is 9.97. The Balaban J connectivity index is 1.87. The molecule has 0 atom stereocenters. The van der Waals surface area contributed by atoms with E-state index in [1.165, 1.54) is 0 Å². The Morgan fingerprint density at radius 3 is 2.15 bits per heavy atom. The Labute approximate surface area is 158 Å². The highest BCUT2D eigenvalue weighted by Crippen LogP contribution is 2.21. The molecule has 0 aliphatic rings. The van der Waals surface area contributed by atoms with Crippen molar-refractivity contribution in [3.8, 4) is 5.75 Å². The van der Waals surface area contributed by atoms with Crippen LogP contribution in [0, 0.1) is 0 Å². The minimum absolute atomic E-state index is 0.480. The second-order valence-electron chi connectivity index (χ2n) is 5.46. The monoisotopic (exact) mass is 361 g/mol. The quantitative estimate of drug-likeness (QED) is 0.397. The number of para-hydroxylation sites is 1. The number of hydrogen-bond acceptors (Lipinski definition) is 3. The molecule has 0 heterocycles. The summed E-state index contributed by atoms with van der Waals surface area (Å²) in [5.74, 6) is 0.780. The first-order chi connectivity index (χ1) is 12.8. The van der Waals surface area contributed by atoms with Gasteiger partial charge >= 0.3 is 0 Å². The average Bonchev–Trinajstić information content (AvgIpc) is 2.70. The standard InChI is InChI=1S/C21H19N3OS/c1-25-20-14-12-19(13-15-20)24(22-16-17-8-4-2-5-9-17)21(26)23-18-10-6-3-7-11-18/h2-16H,1H3,(H,23,26)/b22-16+. The van der Waals surface area contributed by atoms with Gasteiger partial charge in [-0.25, -0.2) is 5.01 Å². The van der Waals surface area contributed by atoms with Crippen LogP contribution in [0.2, 0.25) is 0 Å². The van der Waals surface area contributed by atoms with Crippen molar-refractivity contribution >= 4 is 34.9 Å². The number of thiocarbonyl (C=S) groups is 1. The zero-order valence-corrected chi connectivity index (χ0v) is 15.2. The maximum absolute atomic E-state index is 5.59. The van der Waals surface area contributed by atoms with E-state index in [-0.39, 0.29) is 0 Å². The summed E-state index contributed by atoms with van der Waals surface area (Å²) in [6, 6.07) is 27.3. The molecule has 0 bridgehead atoms. The Bertz CT molecular complexity index is 865. The maximum Gasteiger partial charge on any atom is 0.198 e. The minimum Gasteiger partial charge on any atom is -0.497 e. The van der Waals surface area contributed by atoms with Crippen LogP contribution < -0.4 is 15.1 Å². The molecular weight excluding hydrogens is 342 g/mol. The molecule has 0 fully saturated rings. The lowest BCUT2D eigenvalue weighted by Crippen LogP contribution is -2.30. The third-order valence-corrected chi connectivity index (χ3v) is 3.93. The van der Waals surface area contributed by atoms with Gasteiger partial charge in [0.05, 0.1) is 19.0 Å². The van der Waals surface area contributed by atoms with E-state index in [0.29, 0.717) is 5.11 Å². The molecule has 0 amide bonds. The highest BCUT2D eigenvalue weighted by atomic mass is 32.1. The Kier molecular flexibility index (Phi) is 5.96. The zero-order valence-electron chi connectivity index (χ0n) is 14.4. The van der Waals surface area contributed by atoms with Gasteiger partial charge in [-0.15, -0.1) is 0 Å². The normalized spacial score (nSPS) is 10.5. The molecule has 5 heteroatoms. The molecule has 0 radical (unpaired) electrons. The van der Waals surface area contributed by atoms with Crippen LogP contribution in [-0.4, -0.2) is 18.4 Å². The predicted molar refractivity (Wildman–Crippen MR) is 112 cm³/mol. The molecule has 0 aromatic heterocycles. The molecule has 0 aliphatic carbocycles. The van der Waals surface area contributed by atoms with Gasteiger partial charge in [0.2, 0.25) is 0 Å². The molecule has 0 aliphatic heterocycles. The highest BCUT2D eigenvalue weighted by Gasteiger charge is 2.11. The average molecular weight is 361 g/mol. The van der Waals surface area contributed by atoms with Gasteiger partial charge in [-0.05, 0) is 54.2 Å². The molecule has 0 spiro atoms. The Morgan fingerprint density at radius 2 is 1.54 bits per heavy atom. The first-order valence-corrected chi connectivity index (χ1v) is 8.56. The van der Waals surface area contributed by atoms with Crippen LogP contribution in [0.15, 0.2) is 90.0 Å². The molecule has 3 aromatic rings. The first kappa shape index (κ1) is 17.6. The van der Waals surface area contributed by atoms with Crippen LogP contribution >= 0.6 is 12.2 Å². The number of anilines is 2. The summed E-state index contributed by atoms with van der Waals surface area (Å²) in [6.45, 7) is 0. The third kappa shape index (κ3) is 4.68. The van der Waals surface area contributed by atoms with E-state index >= 15 is 0 Å². The lowest BCUT2D eigenvalue weighted by Gasteiger charge is -2.21. The second-order valence-corrected chi connectivity index (χ2v) is 5.85. The van der Waals surface area contributed by atoms with Crippen LogP contribution in [0.1, 0.15) is 5.56 Å². The van der Waals surface area contributed by atoms with E-state index in [9.17, 15) is 0 Å². The number of nitrogens with one attached hydrogen (secondary N) is 1. The van der Waals surface area contributed by atoms with Gasteiger partial charge < -0.3 is 10.1 Å². The third-order valence-electron chi connectivity index (χ3n) is 3.66. The number of rotatable bonds is 5. The lowest BCUT2D eigenvalue weighted by atomic mass is 10.2. The maximum atomic E-state index is 5.59. The number of hydrogen-bond donors (Lipinski definition) is 1. The van der Waals surface area contributed by atoms with E-state index < -0.39 is 0 Å². The van der Waals surface area contributed by atoms with E-state index in [0.717, 1.165) is 22.7 Å². The van der Waals surface area contributed by atoms with Crippen LogP contribution in [0.5, 0.6) is 5.75 Å². The summed E-state index contributed by atoms with van der Waals surface area (Å²) < 4.78 is 5.23.